The molecular weight excluding hydrogens is 268 g/mol. The molecule has 0 spiro atoms. The monoisotopic (exact) mass is 282 g/mol. The Labute approximate surface area is 103 Å². The van der Waals surface area contributed by atoms with Gasteiger partial charge in [0.15, 0.2) is 0 Å². The zero-order chi connectivity index (χ0) is 13.8. The molecule has 0 fully saturated rings. The average Bonchev–Trinajstić information content (AvgIpc) is 2.24. The van der Waals surface area contributed by atoms with Crippen LogP contribution in [0.4, 0.5) is 13.2 Å². The molecule has 0 heterocycles. The van der Waals surface area contributed by atoms with Gasteiger partial charge in [0.2, 0.25) is 0 Å². The minimum absolute atomic E-state index is 0.0850. The van der Waals surface area contributed by atoms with Crippen LogP contribution in [0.5, 0.6) is 0 Å². The quantitative estimate of drug-likeness (QED) is 0.743. The van der Waals surface area contributed by atoms with Crippen molar-refractivity contribution < 1.29 is 26.8 Å². The third kappa shape index (κ3) is 3.83. The van der Waals surface area contributed by atoms with E-state index in [2.05, 4.69) is 0 Å². The van der Waals surface area contributed by atoms with Crippen molar-refractivity contribution in [3.05, 3.63) is 35.1 Å². The van der Waals surface area contributed by atoms with E-state index in [0.717, 1.165) is 0 Å². The zero-order valence-corrected chi connectivity index (χ0v) is 11.0. The van der Waals surface area contributed by atoms with E-state index in [1.807, 2.05) is 0 Å². The molecule has 102 valence electrons. The molecule has 0 bridgehead atoms. The van der Waals surface area contributed by atoms with Gasteiger partial charge in [0, 0.05) is 17.7 Å². The van der Waals surface area contributed by atoms with Crippen LogP contribution in [0, 0.1) is 17.5 Å². The molecular formula is C11H14F3O3P. The number of hydrogen-bond donors (Lipinski definition) is 0. The highest BCUT2D eigenvalue weighted by Crippen LogP contribution is 2.51. The van der Waals surface area contributed by atoms with Crippen molar-refractivity contribution in [2.45, 2.75) is 20.0 Å². The van der Waals surface area contributed by atoms with Gasteiger partial charge in [-0.3, -0.25) is 4.57 Å². The molecule has 1 aromatic carbocycles. The fourth-order valence-corrected chi connectivity index (χ4v) is 3.17. The normalized spacial score (nSPS) is 11.8. The van der Waals surface area contributed by atoms with Crippen LogP contribution in [0.2, 0.25) is 0 Å². The molecule has 0 N–H and O–H groups in total. The summed E-state index contributed by atoms with van der Waals surface area (Å²) < 4.78 is 61.5. The lowest BCUT2D eigenvalue weighted by molar-refractivity contribution is 0.218. The van der Waals surface area contributed by atoms with Gasteiger partial charge in [-0.05, 0) is 13.8 Å². The third-order valence-electron chi connectivity index (χ3n) is 2.11. The van der Waals surface area contributed by atoms with Crippen LogP contribution in [0.1, 0.15) is 19.4 Å². The largest absolute Gasteiger partial charge is 0.335 e. The van der Waals surface area contributed by atoms with Gasteiger partial charge >= 0.3 is 7.60 Å². The van der Waals surface area contributed by atoms with Crippen LogP contribution in [0.3, 0.4) is 0 Å². The maximum absolute atomic E-state index is 13.4. The maximum Gasteiger partial charge on any atom is 0.335 e. The Hall–Kier alpha value is -0.840. The summed E-state index contributed by atoms with van der Waals surface area (Å²) in [5.74, 6) is -3.24. The van der Waals surface area contributed by atoms with Gasteiger partial charge in [-0.15, -0.1) is 0 Å². The number of benzene rings is 1. The maximum atomic E-state index is 13.4. The molecule has 1 aromatic rings. The Balaban J connectivity index is 3.04. The fraction of sp³-hybridized carbons (Fsp3) is 0.455. The highest BCUT2D eigenvalue weighted by molar-refractivity contribution is 7.53. The molecule has 1 rings (SSSR count). The Kier molecular flexibility index (Phi) is 5.38. The molecule has 0 unspecified atom stereocenters. The predicted octanol–water partition coefficient (Wildman–Crippen LogP) is 3.87. The predicted molar refractivity (Wildman–Crippen MR) is 60.9 cm³/mol. The van der Waals surface area contributed by atoms with E-state index in [1.54, 1.807) is 13.8 Å². The molecule has 0 radical (unpaired) electrons. The number of hydrogen-bond acceptors (Lipinski definition) is 3. The molecule has 0 amide bonds. The highest BCUT2D eigenvalue weighted by atomic mass is 31.2. The summed E-state index contributed by atoms with van der Waals surface area (Å²) in [7, 11) is -3.61. The van der Waals surface area contributed by atoms with Crippen LogP contribution in [-0.2, 0) is 19.8 Å². The molecule has 0 atom stereocenters. The third-order valence-corrected chi connectivity index (χ3v) is 4.12. The van der Waals surface area contributed by atoms with Crippen molar-refractivity contribution in [3.63, 3.8) is 0 Å². The minimum Gasteiger partial charge on any atom is -0.309 e. The molecule has 0 saturated heterocycles. The summed E-state index contributed by atoms with van der Waals surface area (Å²) in [6.07, 6.45) is -0.563. The lowest BCUT2D eigenvalue weighted by Gasteiger charge is -2.17. The van der Waals surface area contributed by atoms with Crippen LogP contribution in [-0.4, -0.2) is 13.2 Å². The lowest BCUT2D eigenvalue weighted by atomic mass is 10.2. The van der Waals surface area contributed by atoms with E-state index in [9.17, 15) is 17.7 Å². The number of halogens is 3. The van der Waals surface area contributed by atoms with E-state index < -0.39 is 36.8 Å². The molecule has 0 saturated carbocycles. The van der Waals surface area contributed by atoms with Gasteiger partial charge in [0.05, 0.1) is 19.4 Å². The second-order valence-corrected chi connectivity index (χ2v) is 5.51. The van der Waals surface area contributed by atoms with Crippen molar-refractivity contribution in [3.8, 4) is 0 Å². The van der Waals surface area contributed by atoms with Crippen LogP contribution in [0.25, 0.3) is 0 Å². The number of rotatable bonds is 6. The van der Waals surface area contributed by atoms with Crippen molar-refractivity contribution in [1.29, 1.82) is 0 Å². The van der Waals surface area contributed by atoms with Gasteiger partial charge in [-0.25, -0.2) is 13.2 Å². The summed E-state index contributed by atoms with van der Waals surface area (Å²) in [5, 5.41) is 0. The average molecular weight is 282 g/mol. The van der Waals surface area contributed by atoms with E-state index in [-0.39, 0.29) is 13.2 Å². The van der Waals surface area contributed by atoms with Crippen molar-refractivity contribution in [1.82, 2.24) is 0 Å². The lowest BCUT2D eigenvalue weighted by Crippen LogP contribution is -2.03. The summed E-state index contributed by atoms with van der Waals surface area (Å²) in [6.45, 7) is 3.34. The second-order valence-electron chi connectivity index (χ2n) is 3.45. The van der Waals surface area contributed by atoms with E-state index in [1.165, 1.54) is 0 Å². The Morgan fingerprint density at radius 2 is 1.50 bits per heavy atom. The van der Waals surface area contributed by atoms with Gasteiger partial charge in [-0.2, -0.15) is 0 Å². The van der Waals surface area contributed by atoms with E-state index in [4.69, 9.17) is 9.05 Å². The second kappa shape index (κ2) is 6.36. The van der Waals surface area contributed by atoms with Crippen LogP contribution < -0.4 is 0 Å². The van der Waals surface area contributed by atoms with Gasteiger partial charge in [0.1, 0.15) is 17.5 Å². The summed E-state index contributed by atoms with van der Waals surface area (Å²) >= 11 is 0. The van der Waals surface area contributed by atoms with Crippen molar-refractivity contribution in [2.24, 2.45) is 0 Å². The highest BCUT2D eigenvalue weighted by Gasteiger charge is 2.28. The van der Waals surface area contributed by atoms with Crippen LogP contribution in [0.15, 0.2) is 12.1 Å². The summed E-state index contributed by atoms with van der Waals surface area (Å²) in [6, 6.07) is 1.06. The summed E-state index contributed by atoms with van der Waals surface area (Å²) in [5.41, 5.74) is -0.498. The van der Waals surface area contributed by atoms with Crippen LogP contribution >= 0.6 is 7.60 Å². The molecule has 0 aliphatic heterocycles. The molecule has 0 aliphatic rings. The smallest absolute Gasteiger partial charge is 0.309 e. The fourth-order valence-electron chi connectivity index (χ4n) is 1.44. The molecule has 0 aromatic heterocycles. The topological polar surface area (TPSA) is 35.5 Å². The standard InChI is InChI=1S/C11H14F3O3P/c1-3-16-18(15,17-4-2)7-9-10(13)5-8(12)6-11(9)14/h5-6H,3-4,7H2,1-2H3. The van der Waals surface area contributed by atoms with E-state index in [0.29, 0.717) is 12.1 Å². The van der Waals surface area contributed by atoms with Gasteiger partial charge < -0.3 is 9.05 Å². The first-order valence-corrected chi connectivity index (χ1v) is 7.16. The molecule has 7 heteroatoms. The first-order valence-electron chi connectivity index (χ1n) is 5.43. The molecule has 3 nitrogen and oxygen atoms in total. The summed E-state index contributed by atoms with van der Waals surface area (Å²) in [4.78, 5) is 0. The molecule has 18 heavy (non-hydrogen) atoms. The SMILES string of the molecule is CCOP(=O)(Cc1c(F)cc(F)cc1F)OCC. The Bertz CT molecular complexity index is 432. The van der Waals surface area contributed by atoms with E-state index >= 15 is 0 Å². The zero-order valence-electron chi connectivity index (χ0n) is 10.1. The Morgan fingerprint density at radius 1 is 1.06 bits per heavy atom. The first kappa shape index (κ1) is 15.2. The first-order chi connectivity index (χ1) is 8.41. The van der Waals surface area contributed by atoms with Crippen molar-refractivity contribution >= 4 is 7.60 Å². The van der Waals surface area contributed by atoms with Crippen molar-refractivity contribution in [2.75, 3.05) is 13.2 Å². The van der Waals surface area contributed by atoms with Gasteiger partial charge in [-0.1, -0.05) is 0 Å². The van der Waals surface area contributed by atoms with Gasteiger partial charge in [0.25, 0.3) is 0 Å². The Morgan fingerprint density at radius 3 is 1.89 bits per heavy atom. The molecule has 0 aliphatic carbocycles. The minimum atomic E-state index is -3.61.